The van der Waals surface area contributed by atoms with Gasteiger partial charge in [0.2, 0.25) is 0 Å². The highest BCUT2D eigenvalue weighted by Gasteiger charge is 2.31. The third kappa shape index (κ3) is 1.80. The van der Waals surface area contributed by atoms with E-state index < -0.39 is 5.97 Å². The van der Waals surface area contributed by atoms with Crippen molar-refractivity contribution in [2.24, 2.45) is 0 Å². The van der Waals surface area contributed by atoms with Gasteiger partial charge in [0.05, 0.1) is 6.42 Å². The number of rotatable bonds is 2. The van der Waals surface area contributed by atoms with Gasteiger partial charge in [0, 0.05) is 5.41 Å². The van der Waals surface area contributed by atoms with E-state index in [-0.39, 0.29) is 11.8 Å². The van der Waals surface area contributed by atoms with Gasteiger partial charge in [-0.1, -0.05) is 43.3 Å². The average molecular weight is 202 g/mol. The van der Waals surface area contributed by atoms with Crippen LogP contribution in [0.3, 0.4) is 0 Å². The summed E-state index contributed by atoms with van der Waals surface area (Å²) in [6.07, 6.45) is 5.12. The molecule has 0 saturated heterocycles. The number of carboxylic acid groups (broad SMARTS) is 1. The summed E-state index contributed by atoms with van der Waals surface area (Å²) in [5.41, 5.74) is 2.04. The van der Waals surface area contributed by atoms with E-state index >= 15 is 0 Å². The highest BCUT2D eigenvalue weighted by molar-refractivity contribution is 5.71. The van der Waals surface area contributed by atoms with Crippen molar-refractivity contribution in [2.45, 2.75) is 25.2 Å². The van der Waals surface area contributed by atoms with Crippen molar-refractivity contribution in [3.05, 3.63) is 41.5 Å². The van der Waals surface area contributed by atoms with Gasteiger partial charge in [-0.3, -0.25) is 4.79 Å². The van der Waals surface area contributed by atoms with E-state index in [1.165, 1.54) is 0 Å². The van der Waals surface area contributed by atoms with E-state index in [4.69, 9.17) is 5.11 Å². The quantitative estimate of drug-likeness (QED) is 0.800. The Bertz CT molecular complexity index is 420. The van der Waals surface area contributed by atoms with Crippen LogP contribution in [0.5, 0.6) is 0 Å². The van der Waals surface area contributed by atoms with Crippen molar-refractivity contribution in [3.63, 3.8) is 0 Å². The highest BCUT2D eigenvalue weighted by atomic mass is 16.4. The van der Waals surface area contributed by atoms with Crippen LogP contribution in [-0.2, 0) is 10.2 Å². The molecule has 1 atom stereocenters. The smallest absolute Gasteiger partial charge is 0.304 e. The molecule has 2 rings (SSSR count). The second-order valence-corrected chi connectivity index (χ2v) is 4.32. The Balaban J connectivity index is 2.45. The van der Waals surface area contributed by atoms with E-state index in [0.29, 0.717) is 0 Å². The molecule has 0 fully saturated rings. The molecule has 1 unspecified atom stereocenters. The first-order valence-corrected chi connectivity index (χ1v) is 5.10. The monoisotopic (exact) mass is 202 g/mol. The Morgan fingerprint density at radius 1 is 1.47 bits per heavy atom. The Kier molecular flexibility index (Phi) is 2.35. The van der Waals surface area contributed by atoms with Crippen LogP contribution in [0.1, 0.15) is 30.9 Å². The molecule has 1 N–H and O–H groups in total. The second-order valence-electron chi connectivity index (χ2n) is 4.32. The van der Waals surface area contributed by atoms with Crippen LogP contribution < -0.4 is 0 Å². The van der Waals surface area contributed by atoms with Gasteiger partial charge in [-0.15, -0.1) is 0 Å². The van der Waals surface area contributed by atoms with Crippen molar-refractivity contribution < 1.29 is 9.90 Å². The molecular weight excluding hydrogens is 188 g/mol. The third-order valence-electron chi connectivity index (χ3n) is 3.02. The zero-order valence-electron chi connectivity index (χ0n) is 8.73. The summed E-state index contributed by atoms with van der Waals surface area (Å²) in [6.45, 7) is 2.02. The first-order valence-electron chi connectivity index (χ1n) is 5.10. The van der Waals surface area contributed by atoms with Crippen LogP contribution in [0.25, 0.3) is 6.08 Å². The fourth-order valence-electron chi connectivity index (χ4n) is 2.25. The molecule has 0 aliphatic heterocycles. The zero-order chi connectivity index (χ0) is 10.9. The lowest BCUT2D eigenvalue weighted by Crippen LogP contribution is -2.27. The maximum atomic E-state index is 10.9. The van der Waals surface area contributed by atoms with Gasteiger partial charge < -0.3 is 5.11 Å². The molecule has 78 valence electrons. The zero-order valence-corrected chi connectivity index (χ0v) is 8.73. The summed E-state index contributed by atoms with van der Waals surface area (Å²) >= 11 is 0. The van der Waals surface area contributed by atoms with Gasteiger partial charge >= 0.3 is 5.97 Å². The number of benzene rings is 1. The van der Waals surface area contributed by atoms with E-state index in [2.05, 4.69) is 12.2 Å². The predicted octanol–water partition coefficient (Wildman–Crippen LogP) is 2.84. The minimum Gasteiger partial charge on any atom is -0.481 e. The number of carboxylic acids is 1. The molecule has 0 aromatic heterocycles. The standard InChI is InChI=1S/C13H14O2/c1-13(9-12(14)15)8-4-6-10-5-2-3-7-11(10)13/h2-7H,8-9H2,1H3,(H,14,15). The van der Waals surface area contributed by atoms with Crippen LogP contribution in [0, 0.1) is 0 Å². The van der Waals surface area contributed by atoms with E-state index in [0.717, 1.165) is 17.5 Å². The molecular formula is C13H14O2. The lowest BCUT2D eigenvalue weighted by Gasteiger charge is -2.31. The van der Waals surface area contributed by atoms with Crippen LogP contribution in [0.4, 0.5) is 0 Å². The minimum atomic E-state index is -0.734. The molecule has 1 aromatic carbocycles. The number of hydrogen-bond acceptors (Lipinski definition) is 1. The minimum absolute atomic E-state index is 0.189. The van der Waals surface area contributed by atoms with Crippen molar-refractivity contribution >= 4 is 12.0 Å². The molecule has 15 heavy (non-hydrogen) atoms. The van der Waals surface area contributed by atoms with Gasteiger partial charge in [0.25, 0.3) is 0 Å². The second kappa shape index (κ2) is 3.54. The van der Waals surface area contributed by atoms with Crippen LogP contribution >= 0.6 is 0 Å². The Hall–Kier alpha value is -1.57. The molecule has 2 heteroatoms. The summed E-state index contributed by atoms with van der Waals surface area (Å²) in [6, 6.07) is 8.01. The van der Waals surface area contributed by atoms with Crippen molar-refractivity contribution in [1.29, 1.82) is 0 Å². The Morgan fingerprint density at radius 3 is 2.93 bits per heavy atom. The molecule has 0 bridgehead atoms. The molecule has 0 radical (unpaired) electrons. The fraction of sp³-hybridized carbons (Fsp3) is 0.308. The number of carbonyl (C=O) groups is 1. The first kappa shape index (κ1) is 9.97. The summed E-state index contributed by atoms with van der Waals surface area (Å²) in [5, 5.41) is 8.93. The summed E-state index contributed by atoms with van der Waals surface area (Å²) in [5.74, 6) is -0.734. The number of allylic oxidation sites excluding steroid dienone is 1. The maximum absolute atomic E-state index is 10.9. The molecule has 1 aliphatic rings. The van der Waals surface area contributed by atoms with Crippen molar-refractivity contribution in [2.75, 3.05) is 0 Å². The molecule has 0 saturated carbocycles. The topological polar surface area (TPSA) is 37.3 Å². The highest BCUT2D eigenvalue weighted by Crippen LogP contribution is 2.37. The van der Waals surface area contributed by atoms with Gasteiger partial charge in [-0.05, 0) is 17.5 Å². The van der Waals surface area contributed by atoms with E-state index in [1.54, 1.807) is 0 Å². The summed E-state index contributed by atoms with van der Waals surface area (Å²) < 4.78 is 0. The molecule has 1 aliphatic carbocycles. The van der Waals surface area contributed by atoms with Crippen LogP contribution in [-0.4, -0.2) is 11.1 Å². The summed E-state index contributed by atoms with van der Waals surface area (Å²) in [4.78, 5) is 10.9. The van der Waals surface area contributed by atoms with E-state index in [1.807, 2.05) is 31.2 Å². The predicted molar refractivity (Wildman–Crippen MR) is 59.7 cm³/mol. The van der Waals surface area contributed by atoms with E-state index in [9.17, 15) is 4.79 Å². The van der Waals surface area contributed by atoms with Crippen LogP contribution in [0.15, 0.2) is 30.3 Å². The molecule has 2 nitrogen and oxygen atoms in total. The normalized spacial score (nSPS) is 23.5. The number of hydrogen-bond donors (Lipinski definition) is 1. The van der Waals surface area contributed by atoms with Crippen LogP contribution in [0.2, 0.25) is 0 Å². The summed E-state index contributed by atoms with van der Waals surface area (Å²) in [7, 11) is 0. The Morgan fingerprint density at radius 2 is 2.20 bits per heavy atom. The van der Waals surface area contributed by atoms with Gasteiger partial charge in [-0.2, -0.15) is 0 Å². The van der Waals surface area contributed by atoms with Gasteiger partial charge in [0.1, 0.15) is 0 Å². The number of aliphatic carboxylic acids is 1. The van der Waals surface area contributed by atoms with Gasteiger partial charge in [-0.25, -0.2) is 0 Å². The Labute approximate surface area is 89.2 Å². The van der Waals surface area contributed by atoms with Gasteiger partial charge in [0.15, 0.2) is 0 Å². The first-order chi connectivity index (χ1) is 7.12. The fourth-order valence-corrected chi connectivity index (χ4v) is 2.25. The molecule has 0 heterocycles. The third-order valence-corrected chi connectivity index (χ3v) is 3.02. The number of fused-ring (bicyclic) bond motifs is 1. The molecule has 0 amide bonds. The SMILES string of the molecule is CC1(CC(=O)O)CC=Cc2ccccc21. The van der Waals surface area contributed by atoms with Crippen molar-refractivity contribution in [1.82, 2.24) is 0 Å². The largest absolute Gasteiger partial charge is 0.481 e. The lowest BCUT2D eigenvalue weighted by atomic mass is 9.72. The molecule has 0 spiro atoms. The maximum Gasteiger partial charge on any atom is 0.304 e. The average Bonchev–Trinajstić information content (AvgIpc) is 2.17. The lowest BCUT2D eigenvalue weighted by molar-refractivity contribution is -0.138. The molecule has 1 aromatic rings. The van der Waals surface area contributed by atoms with Crippen molar-refractivity contribution in [3.8, 4) is 0 Å².